The van der Waals surface area contributed by atoms with E-state index < -0.39 is 33.8 Å². The molecule has 0 spiro atoms. The van der Waals surface area contributed by atoms with Gasteiger partial charge in [0.1, 0.15) is 0 Å². The Labute approximate surface area is 145 Å². The van der Waals surface area contributed by atoms with Crippen LogP contribution in [0.5, 0.6) is 0 Å². The molecule has 0 radical (unpaired) electrons. The van der Waals surface area contributed by atoms with Gasteiger partial charge in [-0.25, -0.2) is 8.42 Å². The van der Waals surface area contributed by atoms with Gasteiger partial charge in [-0.15, -0.1) is 0 Å². The summed E-state index contributed by atoms with van der Waals surface area (Å²) in [5.74, 6) is -2.62. The number of benzene rings is 1. The maximum absolute atomic E-state index is 12.9. The van der Waals surface area contributed by atoms with Crippen molar-refractivity contribution in [1.29, 1.82) is 0 Å². The molecule has 7 nitrogen and oxygen atoms in total. The SMILES string of the molecule is COC(=O)[C@H]1[C@H]2C[C@@H]([C@@H]1C(=O)OC)[C@@H]1[C@@H]2N1S(=O)(=O)c1ccccc1. The number of fused-ring (bicyclic) bond motifs is 5. The third-order valence-electron chi connectivity index (χ3n) is 5.84. The van der Waals surface area contributed by atoms with Crippen molar-refractivity contribution in [3.8, 4) is 0 Å². The van der Waals surface area contributed by atoms with Crippen LogP contribution in [0.1, 0.15) is 6.42 Å². The lowest BCUT2D eigenvalue weighted by Gasteiger charge is -2.25. The fourth-order valence-electron chi connectivity index (χ4n) is 4.92. The van der Waals surface area contributed by atoms with Gasteiger partial charge in [-0.1, -0.05) is 18.2 Å². The van der Waals surface area contributed by atoms with Gasteiger partial charge in [-0.3, -0.25) is 9.59 Å². The van der Waals surface area contributed by atoms with Crippen LogP contribution in [0.4, 0.5) is 0 Å². The van der Waals surface area contributed by atoms with Crippen LogP contribution in [0.3, 0.4) is 0 Å². The van der Waals surface area contributed by atoms with E-state index in [1.165, 1.54) is 18.5 Å². The zero-order chi connectivity index (χ0) is 17.9. The summed E-state index contributed by atoms with van der Waals surface area (Å²) in [5, 5.41) is 0. The van der Waals surface area contributed by atoms with E-state index in [9.17, 15) is 18.0 Å². The molecular formula is C17H19NO6S. The number of rotatable bonds is 4. The Morgan fingerprint density at radius 2 is 1.44 bits per heavy atom. The first-order valence-electron chi connectivity index (χ1n) is 8.17. The number of ether oxygens (including phenoxy) is 2. The third kappa shape index (κ3) is 2.17. The lowest BCUT2D eigenvalue weighted by atomic mass is 9.79. The molecular weight excluding hydrogens is 346 g/mol. The summed E-state index contributed by atoms with van der Waals surface area (Å²) < 4.78 is 37.0. The van der Waals surface area contributed by atoms with Gasteiger partial charge in [0.15, 0.2) is 0 Å². The van der Waals surface area contributed by atoms with Crippen molar-refractivity contribution in [3.63, 3.8) is 0 Å². The van der Waals surface area contributed by atoms with Crippen molar-refractivity contribution in [2.45, 2.75) is 23.4 Å². The minimum absolute atomic E-state index is 0.204. The molecule has 1 aliphatic heterocycles. The van der Waals surface area contributed by atoms with Crippen LogP contribution in [0.2, 0.25) is 0 Å². The number of nitrogens with zero attached hydrogens (tertiary/aromatic N) is 1. The topological polar surface area (TPSA) is 89.8 Å². The lowest BCUT2D eigenvalue weighted by molar-refractivity contribution is -0.159. The summed E-state index contributed by atoms with van der Waals surface area (Å²) in [5.41, 5.74) is 0. The molecule has 1 aromatic carbocycles. The van der Waals surface area contributed by atoms with Crippen LogP contribution in [-0.4, -0.2) is 51.0 Å². The molecule has 3 aliphatic rings. The average molecular weight is 365 g/mol. The van der Waals surface area contributed by atoms with Crippen LogP contribution in [0.25, 0.3) is 0 Å². The second-order valence-electron chi connectivity index (χ2n) is 6.79. The standard InChI is InChI=1S/C17H19NO6S/c1-23-16(19)12-10-8-11(13(12)17(20)24-2)15-14(10)18(15)25(21,22)9-6-4-3-5-7-9/h3-7,10-15H,8H2,1-2H3/t10-,11+,12-,13-,14+,15+,18?/m0/s1. The number of hydrogen-bond acceptors (Lipinski definition) is 6. The highest BCUT2D eigenvalue weighted by molar-refractivity contribution is 7.89. The average Bonchev–Trinajstić information content (AvgIpc) is 3.16. The molecule has 2 bridgehead atoms. The largest absolute Gasteiger partial charge is 0.469 e. The van der Waals surface area contributed by atoms with Crippen LogP contribution >= 0.6 is 0 Å². The highest BCUT2D eigenvalue weighted by atomic mass is 32.2. The Kier molecular flexibility index (Phi) is 3.66. The molecule has 4 rings (SSSR count). The van der Waals surface area contributed by atoms with Crippen molar-refractivity contribution in [1.82, 2.24) is 4.31 Å². The van der Waals surface area contributed by atoms with Gasteiger partial charge in [-0.2, -0.15) is 4.31 Å². The van der Waals surface area contributed by atoms with E-state index in [-0.39, 0.29) is 28.8 Å². The number of sulfonamides is 1. The molecule has 1 saturated heterocycles. The summed E-state index contributed by atoms with van der Waals surface area (Å²) in [6.45, 7) is 0. The fourth-order valence-corrected chi connectivity index (χ4v) is 6.82. The van der Waals surface area contributed by atoms with E-state index in [1.807, 2.05) is 0 Å². The van der Waals surface area contributed by atoms with Crippen LogP contribution in [-0.2, 0) is 29.1 Å². The normalized spacial score (nSPS) is 38.1. The van der Waals surface area contributed by atoms with E-state index in [0.717, 1.165) is 0 Å². The summed E-state index contributed by atoms with van der Waals surface area (Å²) in [6.07, 6.45) is 0.648. The summed E-state index contributed by atoms with van der Waals surface area (Å²) in [7, 11) is -1.07. The first-order valence-corrected chi connectivity index (χ1v) is 9.61. The molecule has 1 aromatic rings. The monoisotopic (exact) mass is 365 g/mol. The number of esters is 2. The molecule has 0 amide bonds. The zero-order valence-electron chi connectivity index (χ0n) is 13.9. The Morgan fingerprint density at radius 1 is 0.960 bits per heavy atom. The molecule has 25 heavy (non-hydrogen) atoms. The third-order valence-corrected chi connectivity index (χ3v) is 7.75. The van der Waals surface area contributed by atoms with E-state index >= 15 is 0 Å². The quantitative estimate of drug-likeness (QED) is 0.575. The zero-order valence-corrected chi connectivity index (χ0v) is 14.7. The molecule has 0 aromatic heterocycles. The van der Waals surface area contributed by atoms with Crippen molar-refractivity contribution < 1.29 is 27.5 Å². The number of piperidine rings is 1. The molecule has 3 fully saturated rings. The number of carbonyl (C=O) groups is 2. The van der Waals surface area contributed by atoms with Gasteiger partial charge < -0.3 is 9.47 Å². The Bertz CT molecular complexity index is 789. The van der Waals surface area contributed by atoms with Crippen LogP contribution < -0.4 is 0 Å². The van der Waals surface area contributed by atoms with Crippen molar-refractivity contribution >= 4 is 22.0 Å². The highest BCUT2D eigenvalue weighted by Gasteiger charge is 2.76. The van der Waals surface area contributed by atoms with Gasteiger partial charge in [0, 0.05) is 12.1 Å². The second-order valence-corrected chi connectivity index (χ2v) is 8.63. The van der Waals surface area contributed by atoms with Crippen molar-refractivity contribution in [3.05, 3.63) is 30.3 Å². The summed E-state index contributed by atoms with van der Waals surface area (Å²) in [4.78, 5) is 24.7. The Hall–Kier alpha value is -1.93. The molecule has 2 saturated carbocycles. The summed E-state index contributed by atoms with van der Waals surface area (Å²) >= 11 is 0. The van der Waals surface area contributed by atoms with Gasteiger partial charge >= 0.3 is 11.9 Å². The van der Waals surface area contributed by atoms with Crippen LogP contribution in [0.15, 0.2) is 35.2 Å². The van der Waals surface area contributed by atoms with E-state index in [4.69, 9.17) is 9.47 Å². The number of methoxy groups -OCH3 is 2. The molecule has 0 N–H and O–H groups in total. The predicted molar refractivity (Wildman–Crippen MR) is 85.7 cm³/mol. The van der Waals surface area contributed by atoms with Crippen molar-refractivity contribution in [2.24, 2.45) is 23.7 Å². The van der Waals surface area contributed by atoms with E-state index in [1.54, 1.807) is 30.3 Å². The van der Waals surface area contributed by atoms with Gasteiger partial charge in [0.25, 0.3) is 0 Å². The van der Waals surface area contributed by atoms with Gasteiger partial charge in [0.2, 0.25) is 10.0 Å². The maximum atomic E-state index is 12.9. The predicted octanol–water partition coefficient (Wildman–Crippen LogP) is 0.656. The van der Waals surface area contributed by atoms with E-state index in [0.29, 0.717) is 6.42 Å². The fraction of sp³-hybridized carbons (Fsp3) is 0.529. The minimum Gasteiger partial charge on any atom is -0.469 e. The molecule has 7 atom stereocenters. The highest BCUT2D eigenvalue weighted by Crippen LogP contribution is 2.64. The first-order chi connectivity index (χ1) is 11.9. The summed E-state index contributed by atoms with van der Waals surface area (Å²) in [6, 6.07) is 7.75. The van der Waals surface area contributed by atoms with Crippen LogP contribution in [0, 0.1) is 23.7 Å². The second kappa shape index (κ2) is 5.54. The minimum atomic E-state index is -3.63. The molecule has 134 valence electrons. The molecule has 2 aliphatic carbocycles. The Balaban J connectivity index is 1.68. The maximum Gasteiger partial charge on any atom is 0.309 e. The number of carbonyl (C=O) groups excluding carboxylic acids is 2. The van der Waals surface area contributed by atoms with E-state index in [2.05, 4.69) is 0 Å². The number of hydrogen-bond donors (Lipinski definition) is 0. The molecule has 8 heteroatoms. The smallest absolute Gasteiger partial charge is 0.309 e. The Morgan fingerprint density at radius 3 is 1.88 bits per heavy atom. The first kappa shape index (κ1) is 16.5. The molecule has 1 unspecified atom stereocenters. The lowest BCUT2D eigenvalue weighted by Crippen LogP contribution is -2.39. The van der Waals surface area contributed by atoms with Crippen molar-refractivity contribution in [2.75, 3.05) is 14.2 Å². The van der Waals surface area contributed by atoms with Gasteiger partial charge in [-0.05, 0) is 30.4 Å². The van der Waals surface area contributed by atoms with Gasteiger partial charge in [0.05, 0.1) is 31.0 Å². The molecule has 1 heterocycles.